The van der Waals surface area contributed by atoms with Gasteiger partial charge in [-0.3, -0.25) is 4.79 Å². The molecule has 0 radical (unpaired) electrons. The lowest BCUT2D eigenvalue weighted by molar-refractivity contribution is -0.117. The molecule has 0 atom stereocenters. The van der Waals surface area contributed by atoms with Crippen LogP contribution in [-0.4, -0.2) is 24.1 Å². The maximum Gasteiger partial charge on any atom is 0.226 e. The van der Waals surface area contributed by atoms with Crippen molar-refractivity contribution in [2.45, 2.75) is 19.3 Å². The molecule has 0 saturated heterocycles. The minimum Gasteiger partial charge on any atom is -0.389 e. The predicted octanol–water partition coefficient (Wildman–Crippen LogP) is 2.08. The summed E-state index contributed by atoms with van der Waals surface area (Å²) >= 11 is 4.95. The number of carbonyl (C=O) groups is 1. The van der Waals surface area contributed by atoms with Gasteiger partial charge in [0.1, 0.15) is 4.99 Å². The smallest absolute Gasteiger partial charge is 0.226 e. The first-order valence-electron chi connectivity index (χ1n) is 6.43. The van der Waals surface area contributed by atoms with Crippen LogP contribution in [0.25, 0.3) is 0 Å². The molecule has 0 unspecified atom stereocenters. The van der Waals surface area contributed by atoms with Crippen LogP contribution >= 0.6 is 12.2 Å². The van der Waals surface area contributed by atoms with Crippen molar-refractivity contribution in [3.63, 3.8) is 0 Å². The molecule has 1 saturated carbocycles. The molecule has 0 spiro atoms. The van der Waals surface area contributed by atoms with Crippen LogP contribution in [0.4, 0.5) is 5.69 Å². The molecule has 1 amide bonds. The van der Waals surface area contributed by atoms with Crippen LogP contribution in [0.2, 0.25) is 0 Å². The van der Waals surface area contributed by atoms with E-state index in [4.69, 9.17) is 22.7 Å². The highest BCUT2D eigenvalue weighted by Gasteiger charge is 2.21. The van der Waals surface area contributed by atoms with Gasteiger partial charge in [0.25, 0.3) is 0 Å². The number of rotatable bonds is 7. The Balaban J connectivity index is 1.78. The summed E-state index contributed by atoms with van der Waals surface area (Å²) < 4.78 is 5.43. The highest BCUT2D eigenvalue weighted by Crippen LogP contribution is 2.28. The summed E-state index contributed by atoms with van der Waals surface area (Å²) in [6, 6.07) is 7.25. The van der Waals surface area contributed by atoms with Gasteiger partial charge in [-0.1, -0.05) is 24.4 Å². The van der Waals surface area contributed by atoms with Crippen LogP contribution in [0.5, 0.6) is 0 Å². The van der Waals surface area contributed by atoms with E-state index in [9.17, 15) is 4.79 Å². The topological polar surface area (TPSA) is 64.3 Å². The number of para-hydroxylation sites is 1. The van der Waals surface area contributed by atoms with Gasteiger partial charge < -0.3 is 15.8 Å². The third-order valence-electron chi connectivity index (χ3n) is 2.99. The fourth-order valence-electron chi connectivity index (χ4n) is 1.72. The maximum atomic E-state index is 11.8. The summed E-state index contributed by atoms with van der Waals surface area (Å²) in [5.74, 6) is 0.637. The Labute approximate surface area is 118 Å². The summed E-state index contributed by atoms with van der Waals surface area (Å²) in [5, 5.41) is 2.81. The molecular weight excluding hydrogens is 260 g/mol. The van der Waals surface area contributed by atoms with E-state index in [0.717, 1.165) is 12.5 Å². The molecule has 1 aromatic rings. The van der Waals surface area contributed by atoms with Crippen LogP contribution in [0.1, 0.15) is 24.8 Å². The van der Waals surface area contributed by atoms with E-state index in [1.165, 1.54) is 12.8 Å². The highest BCUT2D eigenvalue weighted by molar-refractivity contribution is 7.80. The van der Waals surface area contributed by atoms with Crippen LogP contribution in [0.15, 0.2) is 24.3 Å². The normalized spacial score (nSPS) is 14.1. The molecule has 1 fully saturated rings. The summed E-state index contributed by atoms with van der Waals surface area (Å²) in [5.41, 5.74) is 6.95. The second-order valence-electron chi connectivity index (χ2n) is 4.73. The summed E-state index contributed by atoms with van der Waals surface area (Å²) in [6.07, 6.45) is 2.86. The van der Waals surface area contributed by atoms with E-state index in [1.807, 2.05) is 12.1 Å². The summed E-state index contributed by atoms with van der Waals surface area (Å²) in [6.45, 7) is 1.23. The fourth-order valence-corrected chi connectivity index (χ4v) is 1.90. The monoisotopic (exact) mass is 278 g/mol. The number of hydrogen-bond acceptors (Lipinski definition) is 3. The molecule has 0 aromatic heterocycles. The number of hydrogen-bond donors (Lipinski definition) is 2. The van der Waals surface area contributed by atoms with Crippen molar-refractivity contribution in [2.24, 2.45) is 11.7 Å². The zero-order valence-corrected chi connectivity index (χ0v) is 11.5. The molecule has 1 aliphatic carbocycles. The zero-order valence-electron chi connectivity index (χ0n) is 10.7. The van der Waals surface area contributed by atoms with Crippen molar-refractivity contribution in [2.75, 3.05) is 18.5 Å². The molecule has 1 aliphatic rings. The molecule has 5 heteroatoms. The van der Waals surface area contributed by atoms with Crippen LogP contribution in [0, 0.1) is 5.92 Å². The number of amides is 1. The van der Waals surface area contributed by atoms with Crippen molar-refractivity contribution in [1.29, 1.82) is 0 Å². The van der Waals surface area contributed by atoms with Crippen molar-refractivity contribution in [3.8, 4) is 0 Å². The third-order valence-corrected chi connectivity index (χ3v) is 3.21. The van der Waals surface area contributed by atoms with Crippen LogP contribution in [-0.2, 0) is 9.53 Å². The molecule has 1 aromatic carbocycles. The first-order chi connectivity index (χ1) is 9.16. The van der Waals surface area contributed by atoms with Gasteiger partial charge >= 0.3 is 0 Å². The van der Waals surface area contributed by atoms with Gasteiger partial charge in [0.05, 0.1) is 18.7 Å². The number of anilines is 1. The minimum absolute atomic E-state index is 0.0838. The van der Waals surface area contributed by atoms with E-state index >= 15 is 0 Å². The maximum absolute atomic E-state index is 11.8. The number of nitrogens with two attached hydrogens (primary N) is 1. The molecule has 0 bridgehead atoms. The molecule has 102 valence electrons. The van der Waals surface area contributed by atoms with E-state index in [1.54, 1.807) is 12.1 Å². The second-order valence-corrected chi connectivity index (χ2v) is 5.17. The van der Waals surface area contributed by atoms with E-state index < -0.39 is 0 Å². The Morgan fingerprint density at radius 2 is 2.16 bits per heavy atom. The third kappa shape index (κ3) is 4.61. The Kier molecular flexibility index (Phi) is 4.87. The van der Waals surface area contributed by atoms with Crippen molar-refractivity contribution >= 4 is 28.8 Å². The minimum atomic E-state index is -0.0838. The lowest BCUT2D eigenvalue weighted by Crippen LogP contribution is -2.18. The first-order valence-corrected chi connectivity index (χ1v) is 6.84. The fraction of sp³-hybridized carbons (Fsp3) is 0.429. The average molecular weight is 278 g/mol. The standard InChI is InChI=1S/C14H18N2O2S/c15-14(19)11-3-1-2-4-12(11)16-13(17)7-8-18-9-10-5-6-10/h1-4,10H,5-9H2,(H2,15,19)(H,16,17). The van der Waals surface area contributed by atoms with Gasteiger partial charge in [0.2, 0.25) is 5.91 Å². The molecule has 2 rings (SSSR count). The predicted molar refractivity (Wildman–Crippen MR) is 79.1 cm³/mol. The summed E-state index contributed by atoms with van der Waals surface area (Å²) in [7, 11) is 0. The van der Waals surface area contributed by atoms with Gasteiger partial charge in [-0.25, -0.2) is 0 Å². The Morgan fingerprint density at radius 3 is 2.84 bits per heavy atom. The quantitative estimate of drug-likeness (QED) is 0.592. The average Bonchev–Trinajstić information content (AvgIpc) is 3.19. The van der Waals surface area contributed by atoms with Gasteiger partial charge in [-0.2, -0.15) is 0 Å². The lowest BCUT2D eigenvalue weighted by Gasteiger charge is -2.10. The van der Waals surface area contributed by atoms with E-state index in [2.05, 4.69) is 5.32 Å². The molecule has 19 heavy (non-hydrogen) atoms. The Bertz CT molecular complexity index is 472. The largest absolute Gasteiger partial charge is 0.389 e. The van der Waals surface area contributed by atoms with Gasteiger partial charge in [0.15, 0.2) is 0 Å². The van der Waals surface area contributed by atoms with Crippen molar-refractivity contribution < 1.29 is 9.53 Å². The number of ether oxygens (including phenoxy) is 1. The van der Waals surface area contributed by atoms with E-state index in [-0.39, 0.29) is 10.9 Å². The number of thiocarbonyl (C=S) groups is 1. The van der Waals surface area contributed by atoms with Gasteiger partial charge in [0, 0.05) is 12.2 Å². The van der Waals surface area contributed by atoms with Crippen molar-refractivity contribution in [3.05, 3.63) is 29.8 Å². The molecule has 0 heterocycles. The van der Waals surface area contributed by atoms with Crippen LogP contribution < -0.4 is 11.1 Å². The SMILES string of the molecule is NC(=S)c1ccccc1NC(=O)CCOCC1CC1. The molecule has 0 aliphatic heterocycles. The van der Waals surface area contributed by atoms with Gasteiger partial charge in [-0.15, -0.1) is 0 Å². The Hall–Kier alpha value is -1.46. The number of benzene rings is 1. The Morgan fingerprint density at radius 1 is 1.42 bits per heavy atom. The first kappa shape index (κ1) is 14.0. The molecular formula is C14H18N2O2S. The van der Waals surface area contributed by atoms with Crippen LogP contribution in [0.3, 0.4) is 0 Å². The molecule has 4 nitrogen and oxygen atoms in total. The molecule has 3 N–H and O–H groups in total. The number of nitrogens with one attached hydrogen (secondary N) is 1. The zero-order chi connectivity index (χ0) is 13.7. The lowest BCUT2D eigenvalue weighted by atomic mass is 10.1. The highest BCUT2D eigenvalue weighted by atomic mass is 32.1. The second kappa shape index (κ2) is 6.63. The van der Waals surface area contributed by atoms with Crippen molar-refractivity contribution in [1.82, 2.24) is 0 Å². The van der Waals surface area contributed by atoms with E-state index in [0.29, 0.717) is 24.3 Å². The summed E-state index contributed by atoms with van der Waals surface area (Å²) in [4.78, 5) is 12.1. The van der Waals surface area contributed by atoms with Gasteiger partial charge in [-0.05, 0) is 30.9 Å². The number of carbonyl (C=O) groups excluding carboxylic acids is 1.